The highest BCUT2D eigenvalue weighted by atomic mass is 16.5. The third-order valence-electron chi connectivity index (χ3n) is 6.91. The average molecular weight is 491 g/mol. The van der Waals surface area contributed by atoms with Crippen molar-refractivity contribution < 1.29 is 14.6 Å². The van der Waals surface area contributed by atoms with Crippen LogP contribution in [0.5, 0.6) is 5.88 Å². The van der Waals surface area contributed by atoms with Crippen LogP contribution in [0, 0.1) is 6.92 Å². The third-order valence-corrected chi connectivity index (χ3v) is 6.91. The normalized spacial score (nSPS) is 14.1. The first kappa shape index (κ1) is 25.7. The molecule has 4 rings (SSSR count). The molecule has 0 saturated carbocycles. The molecule has 0 aliphatic carbocycles. The summed E-state index contributed by atoms with van der Waals surface area (Å²) >= 11 is 0. The molecule has 2 aromatic heterocycles. The second kappa shape index (κ2) is 10.7. The van der Waals surface area contributed by atoms with E-state index in [1.165, 1.54) is 11.1 Å². The molecule has 0 spiro atoms. The molecule has 1 unspecified atom stereocenters. The van der Waals surface area contributed by atoms with Gasteiger partial charge in [0.05, 0.1) is 18.7 Å². The van der Waals surface area contributed by atoms with Gasteiger partial charge in [0.25, 0.3) is 0 Å². The lowest BCUT2D eigenvalue weighted by Gasteiger charge is -2.24. The molecule has 2 N–H and O–H groups in total. The van der Waals surface area contributed by atoms with Gasteiger partial charge in [-0.25, -0.2) is 9.67 Å². The van der Waals surface area contributed by atoms with Gasteiger partial charge in [0.1, 0.15) is 5.82 Å². The minimum absolute atomic E-state index is 0.00873. The number of rotatable bonds is 9. The Morgan fingerprint density at radius 1 is 1.19 bits per heavy atom. The Labute approximate surface area is 213 Å². The maximum atomic E-state index is 11.7. The number of carbonyl (C=O) groups is 1. The van der Waals surface area contributed by atoms with Crippen molar-refractivity contribution in [2.45, 2.75) is 71.1 Å². The van der Waals surface area contributed by atoms with Crippen molar-refractivity contribution >= 4 is 11.8 Å². The van der Waals surface area contributed by atoms with Gasteiger partial charge < -0.3 is 15.2 Å². The first-order valence-electron chi connectivity index (χ1n) is 12.8. The van der Waals surface area contributed by atoms with E-state index in [2.05, 4.69) is 61.5 Å². The molecule has 0 saturated heterocycles. The Morgan fingerprint density at radius 2 is 2.00 bits per heavy atom. The zero-order valence-electron chi connectivity index (χ0n) is 22.1. The van der Waals surface area contributed by atoms with Crippen molar-refractivity contribution in [2.75, 3.05) is 18.5 Å². The summed E-state index contributed by atoms with van der Waals surface area (Å²) in [6.45, 7) is 10.0. The fourth-order valence-electron chi connectivity index (χ4n) is 4.81. The molecule has 0 amide bonds. The van der Waals surface area contributed by atoms with Crippen molar-refractivity contribution in [1.29, 1.82) is 0 Å². The molecule has 1 aliphatic heterocycles. The predicted octanol–water partition coefficient (Wildman–Crippen LogP) is 5.20. The summed E-state index contributed by atoms with van der Waals surface area (Å²) in [5.41, 5.74) is 6.48. The van der Waals surface area contributed by atoms with Gasteiger partial charge in [-0.1, -0.05) is 45.0 Å². The van der Waals surface area contributed by atoms with E-state index in [0.29, 0.717) is 25.3 Å². The molecule has 192 valence electrons. The van der Waals surface area contributed by atoms with Crippen LogP contribution in [0.3, 0.4) is 0 Å². The fraction of sp³-hybridized carbons (Fsp3) is 0.483. The first-order chi connectivity index (χ1) is 17.1. The molecule has 7 heteroatoms. The Bertz CT molecular complexity index is 1230. The number of hydrogen-bond acceptors (Lipinski definition) is 5. The number of fused-ring (bicyclic) bond motifs is 1. The molecule has 1 atom stereocenters. The van der Waals surface area contributed by atoms with Gasteiger partial charge in [-0.05, 0) is 59.9 Å². The number of carboxylic acids is 1. The number of anilines is 1. The van der Waals surface area contributed by atoms with Gasteiger partial charge in [0.15, 0.2) is 0 Å². The fourth-order valence-corrected chi connectivity index (χ4v) is 4.81. The number of nitrogens with zero attached hydrogens (tertiary/aromatic N) is 3. The summed E-state index contributed by atoms with van der Waals surface area (Å²) in [5.74, 6) is 0.701. The maximum Gasteiger partial charge on any atom is 0.303 e. The Kier molecular flexibility index (Phi) is 7.67. The van der Waals surface area contributed by atoms with Crippen LogP contribution >= 0.6 is 0 Å². The molecule has 0 fully saturated rings. The SMILES string of the molecule is Cc1ccc(C(C)(C)C)cc1C(CC(=O)O)Cc1cc(OCCc2ccc3c(n2)NCCC3)n(C)n1. The van der Waals surface area contributed by atoms with E-state index in [4.69, 9.17) is 9.72 Å². The van der Waals surface area contributed by atoms with Gasteiger partial charge >= 0.3 is 5.97 Å². The summed E-state index contributed by atoms with van der Waals surface area (Å²) in [7, 11) is 1.86. The van der Waals surface area contributed by atoms with Crippen molar-refractivity contribution in [3.8, 4) is 5.88 Å². The summed E-state index contributed by atoms with van der Waals surface area (Å²) in [5, 5.41) is 17.7. The number of aryl methyl sites for hydroxylation is 3. The largest absolute Gasteiger partial charge is 0.481 e. The van der Waals surface area contributed by atoms with Crippen LogP contribution in [0.15, 0.2) is 36.4 Å². The number of ether oxygens (including phenoxy) is 1. The van der Waals surface area contributed by atoms with Gasteiger partial charge in [0.2, 0.25) is 5.88 Å². The molecule has 3 heterocycles. The highest BCUT2D eigenvalue weighted by Crippen LogP contribution is 2.32. The summed E-state index contributed by atoms with van der Waals surface area (Å²) in [6.07, 6.45) is 3.52. The van der Waals surface area contributed by atoms with Gasteiger partial charge in [-0.15, -0.1) is 0 Å². The Morgan fingerprint density at radius 3 is 2.75 bits per heavy atom. The van der Waals surface area contributed by atoms with E-state index in [1.54, 1.807) is 4.68 Å². The van der Waals surface area contributed by atoms with E-state index in [-0.39, 0.29) is 17.8 Å². The van der Waals surface area contributed by atoms with E-state index >= 15 is 0 Å². The monoisotopic (exact) mass is 490 g/mol. The van der Waals surface area contributed by atoms with Crippen LogP contribution in [0.25, 0.3) is 0 Å². The molecule has 1 aromatic carbocycles. The van der Waals surface area contributed by atoms with Crippen LogP contribution in [0.2, 0.25) is 0 Å². The lowest BCUT2D eigenvalue weighted by atomic mass is 9.81. The quantitative estimate of drug-likeness (QED) is 0.428. The number of aliphatic carboxylic acids is 1. The van der Waals surface area contributed by atoms with Gasteiger partial charge in [0, 0.05) is 37.7 Å². The van der Waals surface area contributed by atoms with E-state index in [9.17, 15) is 9.90 Å². The Hall–Kier alpha value is -3.35. The summed E-state index contributed by atoms with van der Waals surface area (Å²) in [4.78, 5) is 16.5. The smallest absolute Gasteiger partial charge is 0.303 e. The van der Waals surface area contributed by atoms with Gasteiger partial charge in [-0.3, -0.25) is 4.79 Å². The van der Waals surface area contributed by atoms with Crippen LogP contribution in [-0.2, 0) is 36.5 Å². The molecule has 0 bridgehead atoms. The number of pyridine rings is 1. The maximum absolute atomic E-state index is 11.7. The molecular formula is C29H38N4O3. The number of aromatic nitrogens is 3. The van der Waals surface area contributed by atoms with Crippen molar-refractivity contribution in [3.05, 3.63) is 70.0 Å². The minimum atomic E-state index is -0.806. The summed E-state index contributed by atoms with van der Waals surface area (Å²) in [6, 6.07) is 12.6. The van der Waals surface area contributed by atoms with Gasteiger partial charge in [-0.2, -0.15) is 5.10 Å². The topological polar surface area (TPSA) is 89.3 Å². The zero-order chi connectivity index (χ0) is 25.9. The predicted molar refractivity (Wildman–Crippen MR) is 142 cm³/mol. The molecule has 36 heavy (non-hydrogen) atoms. The summed E-state index contributed by atoms with van der Waals surface area (Å²) < 4.78 is 7.77. The molecule has 0 radical (unpaired) electrons. The highest BCUT2D eigenvalue weighted by molar-refractivity contribution is 5.68. The molecular weight excluding hydrogens is 452 g/mol. The molecule has 3 aromatic rings. The lowest BCUT2D eigenvalue weighted by molar-refractivity contribution is -0.137. The number of carboxylic acid groups (broad SMARTS) is 1. The zero-order valence-corrected chi connectivity index (χ0v) is 22.1. The third kappa shape index (κ3) is 6.25. The van der Waals surface area contributed by atoms with Crippen LogP contribution in [0.4, 0.5) is 5.82 Å². The number of nitrogens with one attached hydrogen (secondary N) is 1. The first-order valence-corrected chi connectivity index (χ1v) is 12.8. The standard InChI is InChI=1S/C29H38N4O3/c1-19-8-10-22(29(2,3)4)17-25(19)21(16-27(34)35)15-24-18-26(33(5)32-24)36-14-12-23-11-9-20-7-6-13-30-28(20)31-23/h8-11,17-18,21H,6-7,12-16H2,1-5H3,(H,30,31)(H,34,35). The minimum Gasteiger partial charge on any atom is -0.481 e. The second-order valence-corrected chi connectivity index (χ2v) is 10.9. The second-order valence-electron chi connectivity index (χ2n) is 10.9. The van der Waals surface area contributed by atoms with Crippen molar-refractivity contribution in [3.63, 3.8) is 0 Å². The van der Waals surface area contributed by atoms with Crippen LogP contribution < -0.4 is 10.1 Å². The molecule has 7 nitrogen and oxygen atoms in total. The molecule has 1 aliphatic rings. The van der Waals surface area contributed by atoms with Crippen molar-refractivity contribution in [2.24, 2.45) is 7.05 Å². The van der Waals surface area contributed by atoms with Crippen LogP contribution in [0.1, 0.15) is 73.2 Å². The van der Waals surface area contributed by atoms with E-state index in [0.717, 1.165) is 47.7 Å². The highest BCUT2D eigenvalue weighted by Gasteiger charge is 2.23. The number of hydrogen-bond donors (Lipinski definition) is 2. The Balaban J connectivity index is 1.45. The number of benzene rings is 1. The van der Waals surface area contributed by atoms with Crippen LogP contribution in [-0.4, -0.2) is 39.0 Å². The lowest BCUT2D eigenvalue weighted by Crippen LogP contribution is -2.15. The van der Waals surface area contributed by atoms with E-state index in [1.807, 2.05) is 20.0 Å². The van der Waals surface area contributed by atoms with Crippen molar-refractivity contribution in [1.82, 2.24) is 14.8 Å². The average Bonchev–Trinajstić information content (AvgIpc) is 3.16. The van der Waals surface area contributed by atoms with E-state index < -0.39 is 5.97 Å².